The van der Waals surface area contributed by atoms with Crippen molar-refractivity contribution in [2.75, 3.05) is 11.9 Å². The zero-order chi connectivity index (χ0) is 14.8. The molecule has 0 aliphatic carbocycles. The third-order valence-corrected chi connectivity index (χ3v) is 3.90. The molecule has 3 rings (SSSR count). The van der Waals surface area contributed by atoms with Gasteiger partial charge in [-0.3, -0.25) is 9.36 Å². The van der Waals surface area contributed by atoms with E-state index in [4.69, 9.17) is 0 Å². The Morgan fingerprint density at radius 1 is 1.38 bits per heavy atom. The lowest BCUT2D eigenvalue weighted by Gasteiger charge is -2.08. The highest BCUT2D eigenvalue weighted by molar-refractivity contribution is 7.17. The van der Waals surface area contributed by atoms with Gasteiger partial charge in [0.05, 0.1) is 18.4 Å². The Labute approximate surface area is 125 Å². The molecule has 0 atom stereocenters. The molecule has 0 aliphatic heterocycles. The lowest BCUT2D eigenvalue weighted by Crippen LogP contribution is -2.21. The van der Waals surface area contributed by atoms with Crippen LogP contribution in [0.1, 0.15) is 18.4 Å². The zero-order valence-electron chi connectivity index (χ0n) is 11.8. The molecule has 108 valence electrons. The number of rotatable bonds is 4. The summed E-state index contributed by atoms with van der Waals surface area (Å²) in [6.45, 7) is 5.03. The van der Waals surface area contributed by atoms with Crippen molar-refractivity contribution in [2.24, 2.45) is 0 Å². The molecule has 6 nitrogen and oxygen atoms in total. The average Bonchev–Trinajstić information content (AvgIpc) is 2.91. The Balaban J connectivity index is 1.98. The molecule has 0 fully saturated rings. The number of thiophene rings is 1. The normalized spacial score (nSPS) is 11.0. The molecule has 0 saturated carbocycles. The molecule has 0 saturated heterocycles. The van der Waals surface area contributed by atoms with E-state index < -0.39 is 0 Å². The number of anilines is 1. The fourth-order valence-electron chi connectivity index (χ4n) is 2.12. The Morgan fingerprint density at radius 3 is 3.05 bits per heavy atom. The van der Waals surface area contributed by atoms with E-state index in [1.807, 2.05) is 31.4 Å². The van der Waals surface area contributed by atoms with Crippen LogP contribution in [0.15, 0.2) is 28.6 Å². The van der Waals surface area contributed by atoms with E-state index in [9.17, 15) is 4.79 Å². The van der Waals surface area contributed by atoms with Crippen LogP contribution in [-0.4, -0.2) is 26.1 Å². The third kappa shape index (κ3) is 2.78. The molecule has 3 heterocycles. The Hall–Kier alpha value is -2.28. The van der Waals surface area contributed by atoms with E-state index in [1.54, 1.807) is 10.9 Å². The molecule has 0 amide bonds. The summed E-state index contributed by atoms with van der Waals surface area (Å²) < 4.78 is 2.21. The molecule has 0 spiro atoms. The van der Waals surface area contributed by atoms with Crippen molar-refractivity contribution in [3.05, 3.63) is 45.7 Å². The van der Waals surface area contributed by atoms with E-state index in [1.165, 1.54) is 11.3 Å². The summed E-state index contributed by atoms with van der Waals surface area (Å²) in [5.74, 6) is 1.38. The fraction of sp³-hybridized carbons (Fsp3) is 0.286. The summed E-state index contributed by atoms with van der Waals surface area (Å²) in [5.41, 5.74) is 1.55. The number of nitrogens with zero attached hydrogens (tertiary/aromatic N) is 4. The lowest BCUT2D eigenvalue weighted by atomic mass is 10.4. The van der Waals surface area contributed by atoms with E-state index in [2.05, 4.69) is 20.3 Å². The van der Waals surface area contributed by atoms with Gasteiger partial charge in [0.15, 0.2) is 5.82 Å². The van der Waals surface area contributed by atoms with Gasteiger partial charge in [0.1, 0.15) is 10.5 Å². The molecule has 0 aliphatic rings. The summed E-state index contributed by atoms with van der Waals surface area (Å²) in [7, 11) is 0. The van der Waals surface area contributed by atoms with Gasteiger partial charge >= 0.3 is 0 Å². The number of fused-ring (bicyclic) bond motifs is 1. The average molecular weight is 301 g/mol. The molecular formula is C14H15N5OS. The molecule has 7 heteroatoms. The molecule has 0 unspecified atom stereocenters. The van der Waals surface area contributed by atoms with Crippen LogP contribution in [0.2, 0.25) is 0 Å². The van der Waals surface area contributed by atoms with Crippen molar-refractivity contribution < 1.29 is 0 Å². The Morgan fingerprint density at radius 2 is 2.24 bits per heavy atom. The molecule has 1 N–H and O–H groups in total. The van der Waals surface area contributed by atoms with Crippen LogP contribution in [0.25, 0.3) is 10.2 Å². The van der Waals surface area contributed by atoms with Crippen molar-refractivity contribution >= 4 is 27.4 Å². The summed E-state index contributed by atoms with van der Waals surface area (Å²) in [5, 5.41) is 5.03. The van der Waals surface area contributed by atoms with Crippen LogP contribution in [0, 0.1) is 6.92 Å². The Bertz CT molecular complexity index is 839. The highest BCUT2D eigenvalue weighted by atomic mass is 32.1. The number of aryl methyl sites for hydroxylation is 1. The number of hydrogen-bond donors (Lipinski definition) is 1. The number of hydrogen-bond acceptors (Lipinski definition) is 6. The van der Waals surface area contributed by atoms with Crippen molar-refractivity contribution in [1.82, 2.24) is 19.5 Å². The van der Waals surface area contributed by atoms with Gasteiger partial charge in [-0.25, -0.2) is 15.0 Å². The van der Waals surface area contributed by atoms with Gasteiger partial charge in [0.2, 0.25) is 0 Å². The second-order valence-electron chi connectivity index (χ2n) is 4.65. The molecule has 3 aromatic rings. The maximum atomic E-state index is 12.4. The van der Waals surface area contributed by atoms with Crippen LogP contribution in [0.5, 0.6) is 0 Å². The molecular weight excluding hydrogens is 286 g/mol. The largest absolute Gasteiger partial charge is 0.370 e. The molecule has 0 bridgehead atoms. The molecule has 3 aromatic heterocycles. The third-order valence-electron chi connectivity index (χ3n) is 3.01. The predicted molar refractivity (Wildman–Crippen MR) is 83.9 cm³/mol. The summed E-state index contributed by atoms with van der Waals surface area (Å²) in [4.78, 5) is 25.4. The predicted octanol–water partition coefficient (Wildman–Crippen LogP) is 2.04. The van der Waals surface area contributed by atoms with Gasteiger partial charge in [-0.1, -0.05) is 0 Å². The smallest absolute Gasteiger partial charge is 0.271 e. The van der Waals surface area contributed by atoms with E-state index >= 15 is 0 Å². The minimum Gasteiger partial charge on any atom is -0.370 e. The van der Waals surface area contributed by atoms with Gasteiger partial charge in [-0.15, -0.1) is 11.3 Å². The fourth-order valence-corrected chi connectivity index (χ4v) is 2.91. The quantitative estimate of drug-likeness (QED) is 0.798. The van der Waals surface area contributed by atoms with Crippen LogP contribution in [0.3, 0.4) is 0 Å². The van der Waals surface area contributed by atoms with Crippen LogP contribution in [-0.2, 0) is 6.54 Å². The van der Waals surface area contributed by atoms with Gasteiger partial charge in [-0.05, 0) is 25.3 Å². The number of nitrogens with one attached hydrogen (secondary N) is 1. The summed E-state index contributed by atoms with van der Waals surface area (Å²) in [6, 6.07) is 3.73. The molecule has 0 radical (unpaired) electrons. The van der Waals surface area contributed by atoms with Crippen molar-refractivity contribution in [2.45, 2.75) is 20.4 Å². The first-order valence-electron chi connectivity index (χ1n) is 6.68. The van der Waals surface area contributed by atoms with Crippen LogP contribution >= 0.6 is 11.3 Å². The van der Waals surface area contributed by atoms with E-state index in [-0.39, 0.29) is 5.56 Å². The highest BCUT2D eigenvalue weighted by Crippen LogP contribution is 2.13. The Kier molecular flexibility index (Phi) is 3.66. The second-order valence-corrected chi connectivity index (χ2v) is 5.57. The minimum absolute atomic E-state index is 0.0508. The van der Waals surface area contributed by atoms with E-state index in [0.717, 1.165) is 23.6 Å². The molecule has 21 heavy (non-hydrogen) atoms. The minimum atomic E-state index is -0.0508. The monoisotopic (exact) mass is 301 g/mol. The van der Waals surface area contributed by atoms with Gasteiger partial charge in [0.25, 0.3) is 5.56 Å². The second kappa shape index (κ2) is 5.61. The first-order valence-corrected chi connectivity index (χ1v) is 7.56. The van der Waals surface area contributed by atoms with Crippen molar-refractivity contribution in [3.8, 4) is 0 Å². The SMILES string of the molecule is CCNc1cc(C)nc(Cn2cnc3ccsc3c2=O)n1. The van der Waals surface area contributed by atoms with Crippen LogP contribution in [0.4, 0.5) is 5.82 Å². The molecule has 0 aromatic carbocycles. The standard InChI is InChI=1S/C14H15N5OS/c1-3-15-11-6-9(2)17-12(18-11)7-19-8-16-10-4-5-21-13(10)14(19)20/h4-6,8H,3,7H2,1-2H3,(H,15,17,18). The summed E-state index contributed by atoms with van der Waals surface area (Å²) in [6.07, 6.45) is 1.55. The van der Waals surface area contributed by atoms with Gasteiger partial charge in [0, 0.05) is 18.3 Å². The topological polar surface area (TPSA) is 72.7 Å². The maximum Gasteiger partial charge on any atom is 0.271 e. The maximum absolute atomic E-state index is 12.4. The van der Waals surface area contributed by atoms with E-state index in [0.29, 0.717) is 17.1 Å². The first kappa shape index (κ1) is 13.7. The lowest BCUT2D eigenvalue weighted by molar-refractivity contribution is 0.704. The first-order chi connectivity index (χ1) is 10.2. The van der Waals surface area contributed by atoms with Gasteiger partial charge in [-0.2, -0.15) is 0 Å². The highest BCUT2D eigenvalue weighted by Gasteiger charge is 2.08. The zero-order valence-corrected chi connectivity index (χ0v) is 12.6. The van der Waals surface area contributed by atoms with Crippen LogP contribution < -0.4 is 10.9 Å². The van der Waals surface area contributed by atoms with Crippen molar-refractivity contribution in [1.29, 1.82) is 0 Å². The van der Waals surface area contributed by atoms with Gasteiger partial charge < -0.3 is 5.32 Å². The summed E-state index contributed by atoms with van der Waals surface area (Å²) >= 11 is 1.40. The van der Waals surface area contributed by atoms with Crippen molar-refractivity contribution in [3.63, 3.8) is 0 Å². The number of aromatic nitrogens is 4.